The van der Waals surface area contributed by atoms with Gasteiger partial charge in [0.05, 0.1) is 0 Å². The molecule has 1 aliphatic carbocycles. The predicted octanol–water partition coefficient (Wildman–Crippen LogP) is 2.54. The lowest BCUT2D eigenvalue weighted by Crippen LogP contribution is -2.14. The van der Waals surface area contributed by atoms with Crippen LogP contribution < -0.4 is 11.1 Å². The number of nitrogen functional groups attached to an aromatic ring is 1. The summed E-state index contributed by atoms with van der Waals surface area (Å²) >= 11 is 0. The zero-order valence-corrected chi connectivity index (χ0v) is 8.81. The number of hydrogen-bond acceptors (Lipinski definition) is 4. The van der Waals surface area contributed by atoms with Crippen LogP contribution in [0.2, 0.25) is 0 Å². The van der Waals surface area contributed by atoms with Crippen molar-refractivity contribution in [2.75, 3.05) is 11.1 Å². The lowest BCUT2D eigenvalue weighted by molar-refractivity contribution is 0.597. The van der Waals surface area contributed by atoms with Crippen molar-refractivity contribution in [2.24, 2.45) is 0 Å². The minimum absolute atomic E-state index is 0.408. The van der Waals surface area contributed by atoms with Crippen molar-refractivity contribution in [1.29, 1.82) is 0 Å². The Labute approximate surface area is 93.1 Å². The fraction of sp³-hybridized carbons (Fsp3) is 0.250. The molecule has 1 aromatic heterocycles. The first kappa shape index (κ1) is 9.27. The van der Waals surface area contributed by atoms with E-state index in [1.54, 1.807) is 6.07 Å². The maximum atomic E-state index is 5.68. The second-order valence-corrected chi connectivity index (χ2v) is 4.03. The number of nitrogens with two attached hydrogens (primary N) is 1. The fourth-order valence-electron chi connectivity index (χ4n) is 1.91. The van der Waals surface area contributed by atoms with E-state index >= 15 is 0 Å². The standard InChI is InChI=1S/C12H13N3O/c13-8-5-6-10-11(7-8)16-12(15-10)14-9-3-1-2-4-9/h1-2,5-7,9H,3-4,13H2,(H,14,15). The molecule has 0 fully saturated rings. The zero-order valence-electron chi connectivity index (χ0n) is 8.81. The zero-order chi connectivity index (χ0) is 11.0. The Hall–Kier alpha value is -1.97. The number of anilines is 2. The summed E-state index contributed by atoms with van der Waals surface area (Å²) in [6.07, 6.45) is 6.39. The van der Waals surface area contributed by atoms with Crippen LogP contribution in [-0.2, 0) is 0 Å². The van der Waals surface area contributed by atoms with Crippen LogP contribution in [0.25, 0.3) is 11.1 Å². The second-order valence-electron chi connectivity index (χ2n) is 4.03. The minimum atomic E-state index is 0.408. The number of nitrogens with one attached hydrogen (secondary N) is 1. The maximum Gasteiger partial charge on any atom is 0.295 e. The maximum absolute atomic E-state index is 5.68. The van der Waals surface area contributed by atoms with Crippen molar-refractivity contribution in [3.05, 3.63) is 30.4 Å². The van der Waals surface area contributed by atoms with Crippen molar-refractivity contribution in [3.8, 4) is 0 Å². The molecule has 0 radical (unpaired) electrons. The van der Waals surface area contributed by atoms with Gasteiger partial charge in [0.1, 0.15) is 5.52 Å². The van der Waals surface area contributed by atoms with Crippen LogP contribution >= 0.6 is 0 Å². The van der Waals surface area contributed by atoms with E-state index in [1.807, 2.05) is 12.1 Å². The van der Waals surface area contributed by atoms with Crippen LogP contribution in [0.1, 0.15) is 12.8 Å². The Balaban J connectivity index is 1.87. The molecule has 1 heterocycles. The summed E-state index contributed by atoms with van der Waals surface area (Å²) in [6, 6.07) is 6.47. The normalized spacial score (nSPS) is 16.0. The quantitative estimate of drug-likeness (QED) is 0.597. The molecule has 16 heavy (non-hydrogen) atoms. The minimum Gasteiger partial charge on any atom is -0.423 e. The van der Waals surface area contributed by atoms with Crippen molar-refractivity contribution >= 4 is 22.8 Å². The predicted molar refractivity (Wildman–Crippen MR) is 64.2 cm³/mol. The van der Waals surface area contributed by atoms with Crippen molar-refractivity contribution in [1.82, 2.24) is 4.98 Å². The third-order valence-corrected chi connectivity index (χ3v) is 2.75. The molecular weight excluding hydrogens is 202 g/mol. The topological polar surface area (TPSA) is 64.1 Å². The Kier molecular flexibility index (Phi) is 2.06. The van der Waals surface area contributed by atoms with Crippen molar-refractivity contribution in [2.45, 2.75) is 18.9 Å². The SMILES string of the molecule is Nc1ccc2nc(NC3CC=CC3)oc2c1. The molecule has 0 bridgehead atoms. The first-order valence-electron chi connectivity index (χ1n) is 5.39. The second kappa shape index (κ2) is 3.56. The first-order chi connectivity index (χ1) is 7.81. The number of hydrogen-bond donors (Lipinski definition) is 2. The average molecular weight is 215 g/mol. The molecule has 4 nitrogen and oxygen atoms in total. The van der Waals surface area contributed by atoms with E-state index in [0.29, 0.717) is 17.7 Å². The first-order valence-corrected chi connectivity index (χ1v) is 5.39. The van der Waals surface area contributed by atoms with Crippen LogP contribution in [0.4, 0.5) is 11.7 Å². The van der Waals surface area contributed by atoms with Crippen LogP contribution in [0.15, 0.2) is 34.8 Å². The summed E-state index contributed by atoms with van der Waals surface area (Å²) in [4.78, 5) is 4.36. The molecule has 1 aliphatic rings. The van der Waals surface area contributed by atoms with E-state index in [0.717, 1.165) is 23.9 Å². The Morgan fingerprint density at radius 2 is 2.12 bits per heavy atom. The summed E-state index contributed by atoms with van der Waals surface area (Å²) < 4.78 is 5.58. The summed E-state index contributed by atoms with van der Waals surface area (Å²) in [5.41, 5.74) is 7.94. The van der Waals surface area contributed by atoms with Gasteiger partial charge in [-0.15, -0.1) is 0 Å². The molecule has 0 amide bonds. The fourth-order valence-corrected chi connectivity index (χ4v) is 1.91. The molecule has 4 heteroatoms. The van der Waals surface area contributed by atoms with E-state index < -0.39 is 0 Å². The molecule has 1 aromatic carbocycles. The van der Waals surface area contributed by atoms with E-state index in [-0.39, 0.29) is 0 Å². The van der Waals surface area contributed by atoms with Gasteiger partial charge in [-0.1, -0.05) is 12.2 Å². The summed E-state index contributed by atoms with van der Waals surface area (Å²) in [7, 11) is 0. The number of aromatic nitrogens is 1. The van der Waals surface area contributed by atoms with Gasteiger partial charge in [-0.05, 0) is 25.0 Å². The number of nitrogens with zero attached hydrogens (tertiary/aromatic N) is 1. The van der Waals surface area contributed by atoms with Gasteiger partial charge in [-0.25, -0.2) is 0 Å². The van der Waals surface area contributed by atoms with Crippen LogP contribution in [0.5, 0.6) is 0 Å². The van der Waals surface area contributed by atoms with Gasteiger partial charge in [0.25, 0.3) is 6.01 Å². The highest BCUT2D eigenvalue weighted by atomic mass is 16.4. The highest BCUT2D eigenvalue weighted by molar-refractivity contribution is 5.78. The van der Waals surface area contributed by atoms with E-state index in [2.05, 4.69) is 22.5 Å². The number of rotatable bonds is 2. The van der Waals surface area contributed by atoms with Gasteiger partial charge in [-0.2, -0.15) is 4.98 Å². The highest BCUT2D eigenvalue weighted by Crippen LogP contribution is 2.23. The smallest absolute Gasteiger partial charge is 0.295 e. The molecule has 0 unspecified atom stereocenters. The molecule has 3 rings (SSSR count). The van der Waals surface area contributed by atoms with Gasteiger partial charge in [0.15, 0.2) is 5.58 Å². The number of benzene rings is 1. The Morgan fingerprint density at radius 3 is 2.94 bits per heavy atom. The Bertz CT molecular complexity index is 536. The number of oxazole rings is 1. The molecule has 82 valence electrons. The molecule has 0 spiro atoms. The monoisotopic (exact) mass is 215 g/mol. The molecule has 0 saturated carbocycles. The van der Waals surface area contributed by atoms with Crippen LogP contribution in [-0.4, -0.2) is 11.0 Å². The van der Waals surface area contributed by atoms with E-state index in [4.69, 9.17) is 10.2 Å². The molecule has 0 saturated heterocycles. The van der Waals surface area contributed by atoms with Crippen molar-refractivity contribution < 1.29 is 4.42 Å². The molecule has 0 aliphatic heterocycles. The molecule has 3 N–H and O–H groups in total. The van der Waals surface area contributed by atoms with Gasteiger partial charge >= 0.3 is 0 Å². The molecular formula is C12H13N3O. The van der Waals surface area contributed by atoms with Gasteiger partial charge in [0, 0.05) is 17.8 Å². The highest BCUT2D eigenvalue weighted by Gasteiger charge is 2.13. The lowest BCUT2D eigenvalue weighted by Gasteiger charge is -2.08. The van der Waals surface area contributed by atoms with Crippen molar-refractivity contribution in [3.63, 3.8) is 0 Å². The van der Waals surface area contributed by atoms with Gasteiger partial charge < -0.3 is 15.5 Å². The third-order valence-electron chi connectivity index (χ3n) is 2.75. The molecule has 0 atom stereocenters. The van der Waals surface area contributed by atoms with Crippen LogP contribution in [0, 0.1) is 0 Å². The van der Waals surface area contributed by atoms with Crippen LogP contribution in [0.3, 0.4) is 0 Å². The third kappa shape index (κ3) is 1.62. The van der Waals surface area contributed by atoms with E-state index in [9.17, 15) is 0 Å². The summed E-state index contributed by atoms with van der Waals surface area (Å²) in [5, 5.41) is 3.27. The average Bonchev–Trinajstić information content (AvgIpc) is 2.86. The molecule has 2 aromatic rings. The van der Waals surface area contributed by atoms with Gasteiger partial charge in [0.2, 0.25) is 0 Å². The Morgan fingerprint density at radius 1 is 1.31 bits per heavy atom. The lowest BCUT2D eigenvalue weighted by atomic mass is 10.2. The van der Waals surface area contributed by atoms with E-state index in [1.165, 1.54) is 0 Å². The summed E-state index contributed by atoms with van der Waals surface area (Å²) in [5.74, 6) is 0. The van der Waals surface area contributed by atoms with Gasteiger partial charge in [-0.3, -0.25) is 0 Å². The number of fused-ring (bicyclic) bond motifs is 1. The largest absolute Gasteiger partial charge is 0.423 e. The summed E-state index contributed by atoms with van der Waals surface area (Å²) in [6.45, 7) is 0.